The quantitative estimate of drug-likeness (QED) is 0.761. The molecular weight excluding hydrogens is 300 g/mol. The van der Waals surface area contributed by atoms with Crippen LogP contribution in [0.25, 0.3) is 0 Å². The smallest absolute Gasteiger partial charge is 0.0724 e. The van der Waals surface area contributed by atoms with Gasteiger partial charge in [0.25, 0.3) is 0 Å². The largest absolute Gasteiger partial charge is 0.393 e. The van der Waals surface area contributed by atoms with Crippen LogP contribution in [0.1, 0.15) is 52.4 Å². The van der Waals surface area contributed by atoms with Gasteiger partial charge in [0.05, 0.1) is 12.2 Å². The molecule has 0 aromatic carbocycles. The van der Waals surface area contributed by atoms with Crippen molar-refractivity contribution in [2.45, 2.75) is 64.6 Å². The maximum atomic E-state index is 10.6. The minimum Gasteiger partial charge on any atom is -0.393 e. The van der Waals surface area contributed by atoms with Crippen molar-refractivity contribution in [2.75, 3.05) is 13.7 Å². The van der Waals surface area contributed by atoms with E-state index in [4.69, 9.17) is 4.74 Å². The Morgan fingerprint density at radius 1 is 1.04 bits per heavy atom. The van der Waals surface area contributed by atoms with Crippen molar-refractivity contribution in [1.82, 2.24) is 0 Å². The summed E-state index contributed by atoms with van der Waals surface area (Å²) < 4.78 is 5.59. The van der Waals surface area contributed by atoms with Crippen LogP contribution in [0.2, 0.25) is 0 Å². The van der Waals surface area contributed by atoms with E-state index in [0.29, 0.717) is 29.6 Å². The van der Waals surface area contributed by atoms with Gasteiger partial charge in [0.1, 0.15) is 0 Å². The van der Waals surface area contributed by atoms with E-state index >= 15 is 0 Å². The lowest BCUT2D eigenvalue weighted by atomic mass is 9.44. The molecule has 4 aliphatic carbocycles. The summed E-state index contributed by atoms with van der Waals surface area (Å²) >= 11 is 0. The van der Waals surface area contributed by atoms with Crippen LogP contribution in [0.4, 0.5) is 0 Å². The number of fused-ring (bicyclic) bond motifs is 5. The molecule has 9 atom stereocenters. The van der Waals surface area contributed by atoms with E-state index in [1.165, 1.54) is 19.3 Å². The van der Waals surface area contributed by atoms with Crippen LogP contribution in [0.3, 0.4) is 0 Å². The first-order valence-corrected chi connectivity index (χ1v) is 9.94. The lowest BCUT2D eigenvalue weighted by Crippen LogP contribution is -2.56. The second-order valence-corrected chi connectivity index (χ2v) is 9.60. The van der Waals surface area contributed by atoms with Gasteiger partial charge in [-0.25, -0.2) is 0 Å². The van der Waals surface area contributed by atoms with Gasteiger partial charge in [-0.15, -0.1) is 0 Å². The molecule has 0 bridgehead atoms. The maximum absolute atomic E-state index is 10.6. The predicted molar refractivity (Wildman–Crippen MR) is 94.4 cm³/mol. The van der Waals surface area contributed by atoms with Crippen molar-refractivity contribution in [3.8, 4) is 0 Å². The Bertz CT molecular complexity index is 517. The van der Waals surface area contributed by atoms with Gasteiger partial charge < -0.3 is 14.9 Å². The third kappa shape index (κ3) is 2.27. The van der Waals surface area contributed by atoms with E-state index in [-0.39, 0.29) is 23.0 Å². The average molecular weight is 335 g/mol. The van der Waals surface area contributed by atoms with Crippen molar-refractivity contribution < 1.29 is 14.9 Å². The highest BCUT2D eigenvalue weighted by Crippen LogP contribution is 2.66. The first-order valence-electron chi connectivity index (χ1n) is 9.94. The van der Waals surface area contributed by atoms with E-state index in [1.807, 2.05) is 13.2 Å². The third-order valence-corrected chi connectivity index (χ3v) is 8.68. The molecule has 24 heavy (non-hydrogen) atoms. The molecule has 0 aromatic rings. The first-order chi connectivity index (χ1) is 11.4. The average Bonchev–Trinajstić information content (AvgIpc) is 2.85. The molecule has 136 valence electrons. The van der Waals surface area contributed by atoms with Gasteiger partial charge in [-0.3, -0.25) is 0 Å². The van der Waals surface area contributed by atoms with Crippen LogP contribution in [-0.2, 0) is 4.74 Å². The first kappa shape index (κ1) is 17.1. The van der Waals surface area contributed by atoms with Crippen LogP contribution in [0.5, 0.6) is 0 Å². The Hall–Kier alpha value is -0.380. The second-order valence-electron chi connectivity index (χ2n) is 9.60. The summed E-state index contributed by atoms with van der Waals surface area (Å²) in [6.07, 6.45) is 10.6. The van der Waals surface area contributed by atoms with Gasteiger partial charge in [0.15, 0.2) is 0 Å². The number of rotatable bonds is 2. The lowest BCUT2D eigenvalue weighted by molar-refractivity contribution is -0.129. The minimum absolute atomic E-state index is 0.112. The number of hydrogen-bond donors (Lipinski definition) is 2. The maximum Gasteiger partial charge on any atom is 0.0724 e. The van der Waals surface area contributed by atoms with Gasteiger partial charge in [-0.2, -0.15) is 0 Å². The number of allylic oxidation sites excluding steroid dienone is 1. The van der Waals surface area contributed by atoms with E-state index in [9.17, 15) is 10.2 Å². The molecule has 4 rings (SSSR count). The molecule has 4 aliphatic rings. The van der Waals surface area contributed by atoms with Gasteiger partial charge in [0, 0.05) is 13.7 Å². The molecule has 0 saturated heterocycles. The Balaban J connectivity index is 1.70. The van der Waals surface area contributed by atoms with Crippen LogP contribution < -0.4 is 0 Å². The highest BCUT2D eigenvalue weighted by molar-refractivity contribution is 5.18. The molecule has 0 aliphatic heterocycles. The number of ether oxygens (including phenoxy) is 1. The standard InChI is InChI=1S/C21H34O3/c1-20-8-6-14(22)11-18(20)13(12-24-3)10-15-16-4-5-19(23)21(16,2)9-7-17(15)20/h6,8,13-19,22-23H,4-5,7,9-12H2,1-3H3/t13-,14?,15+,16+,17+,18?,19?,20-,21+/m1/s1. The van der Waals surface area contributed by atoms with Crippen LogP contribution in [-0.4, -0.2) is 36.1 Å². The van der Waals surface area contributed by atoms with E-state index in [2.05, 4.69) is 19.9 Å². The lowest BCUT2D eigenvalue weighted by Gasteiger charge is -2.61. The molecule has 3 unspecified atom stereocenters. The Morgan fingerprint density at radius 3 is 2.58 bits per heavy atom. The molecular formula is C21H34O3. The predicted octanol–water partition coefficient (Wildman–Crippen LogP) is 3.40. The summed E-state index contributed by atoms with van der Waals surface area (Å²) in [5.74, 6) is 3.10. The van der Waals surface area contributed by atoms with Crippen LogP contribution in [0, 0.1) is 40.4 Å². The fourth-order valence-electron chi connectivity index (χ4n) is 7.41. The van der Waals surface area contributed by atoms with E-state index in [1.54, 1.807) is 0 Å². The van der Waals surface area contributed by atoms with Crippen LogP contribution >= 0.6 is 0 Å². The molecule has 0 heterocycles. The molecule has 0 amide bonds. The molecule has 0 spiro atoms. The fourth-order valence-corrected chi connectivity index (χ4v) is 7.41. The molecule has 3 heteroatoms. The van der Waals surface area contributed by atoms with Gasteiger partial charge in [0.2, 0.25) is 0 Å². The number of aliphatic hydroxyl groups is 2. The zero-order valence-electron chi connectivity index (χ0n) is 15.4. The van der Waals surface area contributed by atoms with Crippen molar-refractivity contribution in [3.05, 3.63) is 12.2 Å². The van der Waals surface area contributed by atoms with Gasteiger partial charge in [-0.05, 0) is 78.9 Å². The van der Waals surface area contributed by atoms with E-state index in [0.717, 1.165) is 25.9 Å². The van der Waals surface area contributed by atoms with Crippen molar-refractivity contribution in [2.24, 2.45) is 40.4 Å². The number of methoxy groups -OCH3 is 1. The Morgan fingerprint density at radius 2 is 1.83 bits per heavy atom. The zero-order valence-corrected chi connectivity index (χ0v) is 15.4. The summed E-state index contributed by atoms with van der Waals surface area (Å²) in [6.45, 7) is 5.58. The summed E-state index contributed by atoms with van der Waals surface area (Å²) in [5, 5.41) is 20.8. The molecule has 0 radical (unpaired) electrons. The normalized spacial score (nSPS) is 56.5. The van der Waals surface area contributed by atoms with Crippen LogP contribution in [0.15, 0.2) is 12.2 Å². The molecule has 3 nitrogen and oxygen atoms in total. The zero-order chi connectivity index (χ0) is 17.1. The number of aliphatic hydroxyl groups excluding tert-OH is 2. The van der Waals surface area contributed by atoms with Crippen molar-refractivity contribution >= 4 is 0 Å². The third-order valence-electron chi connectivity index (χ3n) is 8.68. The molecule has 3 saturated carbocycles. The Kier molecular flexibility index (Phi) is 4.14. The summed E-state index contributed by atoms with van der Waals surface area (Å²) in [4.78, 5) is 0. The van der Waals surface area contributed by atoms with Crippen molar-refractivity contribution in [3.63, 3.8) is 0 Å². The molecule has 3 fully saturated rings. The summed E-state index contributed by atoms with van der Waals surface area (Å²) in [5.41, 5.74) is 0.306. The highest BCUT2D eigenvalue weighted by Gasteiger charge is 2.61. The SMILES string of the molecule is COC[C@H]1C[C@@H]2[C@H](CC[C@]3(C)C(O)CC[C@@H]23)[C@@]2(C)C=CC(O)CC12. The van der Waals surface area contributed by atoms with Crippen molar-refractivity contribution in [1.29, 1.82) is 0 Å². The van der Waals surface area contributed by atoms with Gasteiger partial charge in [-0.1, -0.05) is 26.0 Å². The number of hydrogen-bond acceptors (Lipinski definition) is 3. The Labute approximate surface area is 146 Å². The molecule has 2 N–H and O–H groups in total. The summed E-state index contributed by atoms with van der Waals surface area (Å²) in [6, 6.07) is 0. The van der Waals surface area contributed by atoms with Gasteiger partial charge >= 0.3 is 0 Å². The topological polar surface area (TPSA) is 49.7 Å². The fraction of sp³-hybridized carbons (Fsp3) is 0.905. The highest BCUT2D eigenvalue weighted by atomic mass is 16.5. The van der Waals surface area contributed by atoms with E-state index < -0.39 is 0 Å². The summed E-state index contributed by atoms with van der Waals surface area (Å²) in [7, 11) is 1.81. The monoisotopic (exact) mass is 334 g/mol. The molecule has 0 aromatic heterocycles. The second kappa shape index (κ2) is 5.82. The minimum atomic E-state index is -0.291.